The molecule has 0 aromatic heterocycles. The molecule has 1 heteroatoms. The van der Waals surface area contributed by atoms with Gasteiger partial charge < -0.3 is 5.32 Å². The van der Waals surface area contributed by atoms with Gasteiger partial charge in [-0.25, -0.2) is 0 Å². The maximum atomic E-state index is 3.63. The highest BCUT2D eigenvalue weighted by Crippen LogP contribution is 2.25. The second-order valence-corrected chi connectivity index (χ2v) is 5.84. The summed E-state index contributed by atoms with van der Waals surface area (Å²) in [6, 6.07) is 6.58. The fraction of sp³-hybridized carbons (Fsp3) is 0.647. The highest BCUT2D eigenvalue weighted by atomic mass is 14.8. The van der Waals surface area contributed by atoms with Crippen LogP contribution >= 0.6 is 0 Å². The van der Waals surface area contributed by atoms with Gasteiger partial charge in [-0.1, -0.05) is 50.3 Å². The molecule has 0 heterocycles. The highest BCUT2D eigenvalue weighted by Gasteiger charge is 2.12. The number of aryl methyl sites for hydroxylation is 2. The Labute approximate surface area is 112 Å². The summed E-state index contributed by atoms with van der Waals surface area (Å²) >= 11 is 0. The van der Waals surface area contributed by atoms with E-state index in [0.717, 1.165) is 12.5 Å². The van der Waals surface area contributed by atoms with E-state index in [-0.39, 0.29) is 0 Å². The first-order valence-corrected chi connectivity index (χ1v) is 7.53. The molecule has 1 aromatic rings. The Morgan fingerprint density at radius 2 is 1.72 bits per heavy atom. The second-order valence-electron chi connectivity index (χ2n) is 5.84. The van der Waals surface area contributed by atoms with E-state index in [1.165, 1.54) is 61.8 Å². The lowest BCUT2D eigenvalue weighted by Gasteiger charge is -2.21. The van der Waals surface area contributed by atoms with Gasteiger partial charge >= 0.3 is 0 Å². The monoisotopic (exact) mass is 245 g/mol. The van der Waals surface area contributed by atoms with Gasteiger partial charge in [0, 0.05) is 6.54 Å². The van der Waals surface area contributed by atoms with Crippen LogP contribution in [0.1, 0.15) is 55.2 Å². The third-order valence-corrected chi connectivity index (χ3v) is 4.40. The van der Waals surface area contributed by atoms with Crippen LogP contribution in [0.25, 0.3) is 0 Å². The van der Waals surface area contributed by atoms with Gasteiger partial charge in [-0.05, 0) is 49.4 Å². The quantitative estimate of drug-likeness (QED) is 0.760. The van der Waals surface area contributed by atoms with E-state index in [4.69, 9.17) is 0 Å². The van der Waals surface area contributed by atoms with Crippen molar-refractivity contribution in [3.8, 4) is 0 Å². The van der Waals surface area contributed by atoms with Crippen molar-refractivity contribution >= 4 is 0 Å². The van der Waals surface area contributed by atoms with Crippen LogP contribution < -0.4 is 5.32 Å². The molecule has 1 saturated carbocycles. The van der Waals surface area contributed by atoms with E-state index < -0.39 is 0 Å². The first-order chi connectivity index (χ1) is 8.77. The number of rotatable bonds is 5. The minimum Gasteiger partial charge on any atom is -0.313 e. The number of hydrogen-bond acceptors (Lipinski definition) is 1. The molecule has 0 bridgehead atoms. The van der Waals surface area contributed by atoms with Gasteiger partial charge in [0.2, 0.25) is 0 Å². The molecular formula is C17H27N. The second kappa shape index (κ2) is 6.94. The van der Waals surface area contributed by atoms with Gasteiger partial charge in [-0.3, -0.25) is 0 Å². The van der Waals surface area contributed by atoms with Gasteiger partial charge in [0.25, 0.3) is 0 Å². The van der Waals surface area contributed by atoms with Crippen molar-refractivity contribution in [3.63, 3.8) is 0 Å². The summed E-state index contributed by atoms with van der Waals surface area (Å²) in [6.45, 7) is 6.64. The van der Waals surface area contributed by atoms with Gasteiger partial charge in [-0.15, -0.1) is 0 Å². The topological polar surface area (TPSA) is 12.0 Å². The van der Waals surface area contributed by atoms with Crippen LogP contribution in [0.15, 0.2) is 18.2 Å². The van der Waals surface area contributed by atoms with Crippen LogP contribution in [-0.4, -0.2) is 6.54 Å². The van der Waals surface area contributed by atoms with Crippen LogP contribution in [0.2, 0.25) is 0 Å². The zero-order valence-corrected chi connectivity index (χ0v) is 12.0. The third kappa shape index (κ3) is 3.84. The predicted octanol–water partition coefficient (Wildman–Crippen LogP) is 4.36. The summed E-state index contributed by atoms with van der Waals surface area (Å²) in [7, 11) is 0. The van der Waals surface area contributed by atoms with Gasteiger partial charge in [0.1, 0.15) is 0 Å². The minimum atomic E-state index is 0.990. The average Bonchev–Trinajstić information content (AvgIpc) is 2.38. The van der Waals surface area contributed by atoms with Crippen molar-refractivity contribution in [2.24, 2.45) is 5.92 Å². The molecule has 1 N–H and O–H groups in total. The Morgan fingerprint density at radius 3 is 2.39 bits per heavy atom. The van der Waals surface area contributed by atoms with E-state index >= 15 is 0 Å². The summed E-state index contributed by atoms with van der Waals surface area (Å²) in [5, 5.41) is 3.63. The molecule has 2 rings (SSSR count). The van der Waals surface area contributed by atoms with E-state index in [1.807, 2.05) is 0 Å². The zero-order chi connectivity index (χ0) is 12.8. The third-order valence-electron chi connectivity index (χ3n) is 4.40. The molecule has 0 atom stereocenters. The normalized spacial score (nSPS) is 17.0. The molecule has 1 aliphatic carbocycles. The molecule has 0 saturated heterocycles. The number of benzene rings is 1. The van der Waals surface area contributed by atoms with Crippen molar-refractivity contribution in [2.45, 2.75) is 58.9 Å². The van der Waals surface area contributed by atoms with E-state index in [9.17, 15) is 0 Å². The summed E-state index contributed by atoms with van der Waals surface area (Å²) in [5.74, 6) is 0.990. The molecule has 0 amide bonds. The number of nitrogens with one attached hydrogen (secondary N) is 1. The molecule has 0 spiro atoms. The summed E-state index contributed by atoms with van der Waals surface area (Å²) in [4.78, 5) is 0. The Bertz CT molecular complexity index is 344. The van der Waals surface area contributed by atoms with Crippen molar-refractivity contribution in [1.29, 1.82) is 0 Å². The average molecular weight is 245 g/mol. The van der Waals surface area contributed by atoms with Crippen LogP contribution in [-0.2, 0) is 6.54 Å². The Balaban J connectivity index is 1.71. The zero-order valence-electron chi connectivity index (χ0n) is 12.0. The van der Waals surface area contributed by atoms with Crippen LogP contribution in [0.4, 0.5) is 0 Å². The lowest BCUT2D eigenvalue weighted by atomic mass is 9.87. The summed E-state index contributed by atoms with van der Waals surface area (Å²) < 4.78 is 0. The van der Waals surface area contributed by atoms with Gasteiger partial charge in [0.05, 0.1) is 0 Å². The Hall–Kier alpha value is -0.820. The molecule has 1 aliphatic rings. The largest absolute Gasteiger partial charge is 0.313 e. The van der Waals surface area contributed by atoms with E-state index in [1.54, 1.807) is 0 Å². The van der Waals surface area contributed by atoms with Crippen molar-refractivity contribution in [2.75, 3.05) is 6.54 Å². The maximum absolute atomic E-state index is 3.63. The molecule has 1 fully saturated rings. The first kappa shape index (κ1) is 13.6. The van der Waals surface area contributed by atoms with Crippen LogP contribution in [0, 0.1) is 19.8 Å². The standard InChI is InChI=1S/C17H27N/c1-14-7-6-8-15(2)17(14)13-18-12-11-16-9-4-3-5-10-16/h6-8,16,18H,3-5,9-13H2,1-2H3. The molecule has 0 radical (unpaired) electrons. The fourth-order valence-electron chi connectivity index (χ4n) is 3.12. The van der Waals surface area contributed by atoms with Gasteiger partial charge in [-0.2, -0.15) is 0 Å². The molecule has 18 heavy (non-hydrogen) atoms. The fourth-order valence-corrected chi connectivity index (χ4v) is 3.12. The lowest BCUT2D eigenvalue weighted by molar-refractivity contribution is 0.334. The highest BCUT2D eigenvalue weighted by molar-refractivity contribution is 5.33. The van der Waals surface area contributed by atoms with Gasteiger partial charge in [0.15, 0.2) is 0 Å². The molecule has 100 valence electrons. The summed E-state index contributed by atoms with van der Waals surface area (Å²) in [5.41, 5.74) is 4.32. The van der Waals surface area contributed by atoms with Crippen LogP contribution in [0.3, 0.4) is 0 Å². The van der Waals surface area contributed by atoms with Crippen molar-refractivity contribution in [1.82, 2.24) is 5.32 Å². The SMILES string of the molecule is Cc1cccc(C)c1CNCCC1CCCCC1. The Morgan fingerprint density at radius 1 is 1.06 bits per heavy atom. The Kier molecular flexibility index (Phi) is 5.25. The summed E-state index contributed by atoms with van der Waals surface area (Å²) in [6.07, 6.45) is 8.68. The molecule has 1 aromatic carbocycles. The predicted molar refractivity (Wildman–Crippen MR) is 78.8 cm³/mol. The van der Waals surface area contributed by atoms with Crippen molar-refractivity contribution in [3.05, 3.63) is 34.9 Å². The molecule has 0 unspecified atom stereocenters. The molecular weight excluding hydrogens is 218 g/mol. The minimum absolute atomic E-state index is 0.990. The lowest BCUT2D eigenvalue weighted by Crippen LogP contribution is -2.20. The van der Waals surface area contributed by atoms with E-state index in [0.29, 0.717) is 0 Å². The van der Waals surface area contributed by atoms with Crippen molar-refractivity contribution < 1.29 is 0 Å². The smallest absolute Gasteiger partial charge is 0.0210 e. The number of hydrogen-bond donors (Lipinski definition) is 1. The van der Waals surface area contributed by atoms with E-state index in [2.05, 4.69) is 37.4 Å². The molecule has 1 nitrogen and oxygen atoms in total. The first-order valence-electron chi connectivity index (χ1n) is 7.53. The molecule has 0 aliphatic heterocycles. The maximum Gasteiger partial charge on any atom is 0.0210 e. The van der Waals surface area contributed by atoms with Crippen LogP contribution in [0.5, 0.6) is 0 Å².